The smallest absolute Gasteiger partial charge is 0.146 e. The third kappa shape index (κ3) is 2.21. The largest absolute Gasteiger partial charge is 0.394 e. The highest BCUT2D eigenvalue weighted by molar-refractivity contribution is 7.13. The highest BCUT2D eigenvalue weighted by atomic mass is 32.1. The van der Waals surface area contributed by atoms with Crippen LogP contribution in [-0.2, 0) is 4.84 Å². The number of aryl methyl sites for hydroxylation is 1. The van der Waals surface area contributed by atoms with Crippen molar-refractivity contribution in [2.45, 2.75) is 19.8 Å². The lowest BCUT2D eigenvalue weighted by atomic mass is 10.2. The van der Waals surface area contributed by atoms with Crippen LogP contribution < -0.4 is 0 Å². The second-order valence-electron chi connectivity index (χ2n) is 5.68. The zero-order valence-electron chi connectivity index (χ0n) is 12.2. The summed E-state index contributed by atoms with van der Waals surface area (Å²) in [7, 11) is 0. The molecule has 21 heavy (non-hydrogen) atoms. The Kier molecular flexibility index (Phi) is 3.31. The predicted molar refractivity (Wildman–Crippen MR) is 85.6 cm³/mol. The number of oxime groups is 1. The van der Waals surface area contributed by atoms with Crippen molar-refractivity contribution in [1.29, 1.82) is 0 Å². The number of aromatic nitrogens is 1. The van der Waals surface area contributed by atoms with Crippen LogP contribution in [0.5, 0.6) is 0 Å². The molecule has 110 valence electrons. The van der Waals surface area contributed by atoms with Crippen LogP contribution in [0.3, 0.4) is 0 Å². The Balaban J connectivity index is 1.51. The van der Waals surface area contributed by atoms with E-state index < -0.39 is 0 Å². The van der Waals surface area contributed by atoms with Gasteiger partial charge in [0.2, 0.25) is 0 Å². The van der Waals surface area contributed by atoms with Gasteiger partial charge >= 0.3 is 0 Å². The van der Waals surface area contributed by atoms with Crippen molar-refractivity contribution in [2.24, 2.45) is 5.16 Å². The lowest BCUT2D eigenvalue weighted by Gasteiger charge is -2.12. The number of nitrogens with zero attached hydrogens (tertiary/aromatic N) is 3. The quantitative estimate of drug-likeness (QED) is 0.547. The van der Waals surface area contributed by atoms with Crippen LogP contribution in [-0.4, -0.2) is 41.4 Å². The summed E-state index contributed by atoms with van der Waals surface area (Å²) in [5, 5.41) is 6.62. The standard InChI is InChI=1S/C16H19N3OS/c1-12-11-21-16-14(13-5-4-8-19(13)15(12)16)17-20-10-9-18-6-2-3-7-18/h4-5,8,11H,2-3,6-7,9-10H2,1H3. The van der Waals surface area contributed by atoms with E-state index in [1.165, 1.54) is 42.1 Å². The molecule has 0 amide bonds. The molecule has 4 nitrogen and oxygen atoms in total. The maximum absolute atomic E-state index is 5.61. The molecule has 0 aliphatic carbocycles. The van der Waals surface area contributed by atoms with E-state index in [0.717, 1.165) is 18.0 Å². The van der Waals surface area contributed by atoms with Crippen LogP contribution in [0.1, 0.15) is 29.0 Å². The summed E-state index contributed by atoms with van der Waals surface area (Å²) in [6.45, 7) is 6.21. The average Bonchev–Trinajstić information content (AvgIpc) is 3.20. The van der Waals surface area contributed by atoms with Gasteiger partial charge in [0, 0.05) is 12.7 Å². The van der Waals surface area contributed by atoms with Crippen LogP contribution >= 0.6 is 11.3 Å². The van der Waals surface area contributed by atoms with E-state index in [2.05, 4.69) is 45.3 Å². The molecular weight excluding hydrogens is 282 g/mol. The van der Waals surface area contributed by atoms with Gasteiger partial charge in [-0.15, -0.1) is 11.3 Å². The Morgan fingerprint density at radius 2 is 2.19 bits per heavy atom. The maximum atomic E-state index is 5.61. The molecule has 5 heteroatoms. The average molecular weight is 301 g/mol. The number of hydrogen-bond acceptors (Lipinski definition) is 4. The van der Waals surface area contributed by atoms with E-state index in [-0.39, 0.29) is 0 Å². The van der Waals surface area contributed by atoms with Gasteiger partial charge in [-0.1, -0.05) is 5.16 Å². The normalized spacial score (nSPS) is 19.2. The summed E-state index contributed by atoms with van der Waals surface area (Å²) in [5.74, 6) is 0. The van der Waals surface area contributed by atoms with E-state index in [4.69, 9.17) is 4.84 Å². The number of rotatable bonds is 4. The van der Waals surface area contributed by atoms with E-state index in [1.54, 1.807) is 11.3 Å². The van der Waals surface area contributed by atoms with Crippen molar-refractivity contribution in [3.63, 3.8) is 0 Å². The lowest BCUT2D eigenvalue weighted by molar-refractivity contribution is 0.119. The molecule has 2 aliphatic heterocycles. The Morgan fingerprint density at radius 1 is 1.33 bits per heavy atom. The van der Waals surface area contributed by atoms with Crippen LogP contribution in [0.4, 0.5) is 0 Å². The fourth-order valence-electron chi connectivity index (χ4n) is 3.17. The van der Waals surface area contributed by atoms with Gasteiger partial charge in [0.05, 0.1) is 16.3 Å². The molecule has 0 bridgehead atoms. The van der Waals surface area contributed by atoms with Gasteiger partial charge in [0.15, 0.2) is 0 Å². The molecule has 4 rings (SSSR count). The Morgan fingerprint density at radius 3 is 3.05 bits per heavy atom. The van der Waals surface area contributed by atoms with E-state index in [9.17, 15) is 0 Å². The molecule has 0 spiro atoms. The Labute approximate surface area is 128 Å². The van der Waals surface area contributed by atoms with Crippen molar-refractivity contribution in [1.82, 2.24) is 9.47 Å². The first-order valence-corrected chi connectivity index (χ1v) is 8.41. The summed E-state index contributed by atoms with van der Waals surface area (Å²) in [6, 6.07) is 4.17. The molecule has 2 aromatic rings. The number of hydrogen-bond donors (Lipinski definition) is 0. The highest BCUT2D eigenvalue weighted by Crippen LogP contribution is 2.35. The zero-order valence-corrected chi connectivity index (χ0v) is 13.0. The second kappa shape index (κ2) is 5.31. The third-order valence-corrected chi connectivity index (χ3v) is 5.34. The Bertz CT molecular complexity index is 680. The highest BCUT2D eigenvalue weighted by Gasteiger charge is 2.28. The molecule has 1 fully saturated rings. The van der Waals surface area contributed by atoms with Crippen LogP contribution in [0, 0.1) is 6.92 Å². The minimum atomic E-state index is 0.671. The van der Waals surface area contributed by atoms with Gasteiger partial charge in [-0.25, -0.2) is 0 Å². The molecule has 0 unspecified atom stereocenters. The monoisotopic (exact) mass is 301 g/mol. The van der Waals surface area contributed by atoms with Gasteiger partial charge < -0.3 is 9.40 Å². The summed E-state index contributed by atoms with van der Waals surface area (Å²) in [6.07, 6.45) is 4.74. The van der Waals surface area contributed by atoms with Gasteiger partial charge in [-0.05, 0) is 55.9 Å². The molecule has 2 aliphatic rings. The first-order valence-electron chi connectivity index (χ1n) is 7.53. The van der Waals surface area contributed by atoms with Gasteiger partial charge in [0.1, 0.15) is 12.3 Å². The molecule has 0 N–H and O–H groups in total. The fraction of sp³-hybridized carbons (Fsp3) is 0.438. The molecule has 0 radical (unpaired) electrons. The fourth-order valence-corrected chi connectivity index (χ4v) is 4.20. The van der Waals surface area contributed by atoms with E-state index in [1.807, 2.05) is 0 Å². The topological polar surface area (TPSA) is 29.8 Å². The van der Waals surface area contributed by atoms with Crippen molar-refractivity contribution in [3.05, 3.63) is 39.8 Å². The molecule has 0 aromatic carbocycles. The zero-order chi connectivity index (χ0) is 14.2. The summed E-state index contributed by atoms with van der Waals surface area (Å²) in [5.41, 5.74) is 4.69. The minimum Gasteiger partial charge on any atom is -0.394 e. The molecular formula is C16H19N3OS. The molecule has 2 aromatic heterocycles. The number of likely N-dealkylation sites (tertiary alicyclic amines) is 1. The van der Waals surface area contributed by atoms with Crippen molar-refractivity contribution in [3.8, 4) is 5.69 Å². The first-order chi connectivity index (χ1) is 10.3. The summed E-state index contributed by atoms with van der Waals surface area (Å²) < 4.78 is 2.21. The van der Waals surface area contributed by atoms with Gasteiger partial charge in [0.25, 0.3) is 0 Å². The number of fused-ring (bicyclic) bond motifs is 3. The second-order valence-corrected chi connectivity index (χ2v) is 6.56. The Hall–Kier alpha value is -1.59. The van der Waals surface area contributed by atoms with Crippen LogP contribution in [0.2, 0.25) is 0 Å². The minimum absolute atomic E-state index is 0.671. The van der Waals surface area contributed by atoms with E-state index >= 15 is 0 Å². The summed E-state index contributed by atoms with van der Waals surface area (Å²) >= 11 is 1.75. The molecule has 4 heterocycles. The number of thiophene rings is 1. The van der Waals surface area contributed by atoms with E-state index in [0.29, 0.717) is 6.61 Å². The SMILES string of the molecule is Cc1csc2c1-n1cccc1C2=NOCCN1CCCC1. The van der Waals surface area contributed by atoms with Crippen molar-refractivity contribution < 1.29 is 4.84 Å². The third-order valence-electron chi connectivity index (χ3n) is 4.24. The first kappa shape index (κ1) is 13.1. The molecule has 0 atom stereocenters. The maximum Gasteiger partial charge on any atom is 0.146 e. The van der Waals surface area contributed by atoms with Gasteiger partial charge in [-0.2, -0.15) is 0 Å². The van der Waals surface area contributed by atoms with Crippen molar-refractivity contribution in [2.75, 3.05) is 26.2 Å². The van der Waals surface area contributed by atoms with Crippen LogP contribution in [0.15, 0.2) is 28.9 Å². The lowest BCUT2D eigenvalue weighted by Crippen LogP contribution is -2.23. The predicted octanol–water partition coefficient (Wildman–Crippen LogP) is 3.03. The molecule has 0 saturated carbocycles. The van der Waals surface area contributed by atoms with Crippen LogP contribution in [0.25, 0.3) is 5.69 Å². The molecule has 1 saturated heterocycles. The van der Waals surface area contributed by atoms with Crippen molar-refractivity contribution >= 4 is 17.0 Å². The van der Waals surface area contributed by atoms with Gasteiger partial charge in [-0.3, -0.25) is 4.90 Å². The summed E-state index contributed by atoms with van der Waals surface area (Å²) in [4.78, 5) is 9.28.